The maximum absolute atomic E-state index is 12.9. The summed E-state index contributed by atoms with van der Waals surface area (Å²) in [6, 6.07) is 0.0125. The summed E-state index contributed by atoms with van der Waals surface area (Å²) >= 11 is 0. The Balaban J connectivity index is 1.60. The number of amides is 3. The number of ether oxygens (including phenoxy) is 2. The van der Waals surface area contributed by atoms with Crippen molar-refractivity contribution in [2.24, 2.45) is 11.8 Å². The topological polar surface area (TPSA) is 93.2 Å². The molecule has 0 spiro atoms. The third-order valence-corrected chi connectivity index (χ3v) is 6.22. The quantitative estimate of drug-likeness (QED) is 0.475. The van der Waals surface area contributed by atoms with E-state index in [-0.39, 0.29) is 67.5 Å². The van der Waals surface area contributed by atoms with Gasteiger partial charge in [-0.05, 0) is 25.7 Å². The molecule has 2 atom stereocenters. The Morgan fingerprint density at radius 3 is 2.21 bits per heavy atom. The van der Waals surface area contributed by atoms with Crippen molar-refractivity contribution in [1.29, 1.82) is 0 Å². The minimum absolute atomic E-state index is 0.0125. The first-order chi connectivity index (χ1) is 13.5. The third-order valence-electron chi connectivity index (χ3n) is 6.22. The lowest BCUT2D eigenvalue weighted by atomic mass is 9.81. The molecular weight excluding hydrogens is 364 g/mol. The number of likely N-dealkylation sites (tertiary alicyclic amines) is 1. The second kappa shape index (κ2) is 9.49. The maximum atomic E-state index is 12.9. The molecule has 1 aliphatic carbocycles. The Morgan fingerprint density at radius 1 is 1.04 bits per heavy atom. The SMILES string of the molecule is COC(=O)CCN(C(=O)CCN1C(=O)[C@H]2CCCC[C@H]2C1=O)C1CCOCC1. The first-order valence-corrected chi connectivity index (χ1v) is 10.3. The van der Waals surface area contributed by atoms with E-state index in [4.69, 9.17) is 9.47 Å². The van der Waals surface area contributed by atoms with E-state index < -0.39 is 0 Å². The van der Waals surface area contributed by atoms with E-state index in [1.807, 2.05) is 0 Å². The van der Waals surface area contributed by atoms with Crippen LogP contribution in [0.5, 0.6) is 0 Å². The molecule has 2 saturated heterocycles. The van der Waals surface area contributed by atoms with Crippen LogP contribution < -0.4 is 0 Å². The van der Waals surface area contributed by atoms with Crippen molar-refractivity contribution in [3.8, 4) is 0 Å². The largest absolute Gasteiger partial charge is 0.469 e. The van der Waals surface area contributed by atoms with Crippen LogP contribution in [-0.4, -0.2) is 72.9 Å². The van der Waals surface area contributed by atoms with E-state index in [0.29, 0.717) is 13.2 Å². The summed E-state index contributed by atoms with van der Waals surface area (Å²) in [5.74, 6) is -1.11. The molecule has 0 unspecified atom stereocenters. The molecule has 28 heavy (non-hydrogen) atoms. The average molecular weight is 394 g/mol. The Labute approximate surface area is 165 Å². The predicted octanol–water partition coefficient (Wildman–Crippen LogP) is 1.12. The fourth-order valence-corrected chi connectivity index (χ4v) is 4.62. The van der Waals surface area contributed by atoms with Crippen LogP contribution in [0.4, 0.5) is 0 Å². The van der Waals surface area contributed by atoms with E-state index >= 15 is 0 Å². The number of carbonyl (C=O) groups excluding carboxylic acids is 4. The normalized spacial score (nSPS) is 25.5. The summed E-state index contributed by atoms with van der Waals surface area (Å²) in [6.45, 7) is 1.57. The molecule has 0 aromatic rings. The van der Waals surface area contributed by atoms with Crippen molar-refractivity contribution >= 4 is 23.7 Å². The van der Waals surface area contributed by atoms with E-state index in [9.17, 15) is 19.2 Å². The number of rotatable bonds is 7. The van der Waals surface area contributed by atoms with Gasteiger partial charge in [0.2, 0.25) is 17.7 Å². The number of carbonyl (C=O) groups is 4. The highest BCUT2D eigenvalue weighted by Crippen LogP contribution is 2.38. The summed E-state index contributed by atoms with van der Waals surface area (Å²) in [5.41, 5.74) is 0. The standard InChI is InChI=1S/C20H30N2O6/c1-27-18(24)7-11-21(14-8-12-28-13-9-14)17(23)6-10-22-19(25)15-4-2-3-5-16(15)20(22)26/h14-16H,2-13H2,1H3/t15-,16+. The van der Waals surface area contributed by atoms with E-state index in [0.717, 1.165) is 38.5 Å². The number of esters is 1. The monoisotopic (exact) mass is 394 g/mol. The molecule has 8 nitrogen and oxygen atoms in total. The first kappa shape index (κ1) is 20.8. The van der Waals surface area contributed by atoms with Crippen molar-refractivity contribution in [3.63, 3.8) is 0 Å². The Morgan fingerprint density at radius 2 is 1.64 bits per heavy atom. The number of imide groups is 1. The molecule has 3 aliphatic rings. The van der Waals surface area contributed by atoms with Gasteiger partial charge in [-0.15, -0.1) is 0 Å². The van der Waals surface area contributed by atoms with Gasteiger partial charge in [0.05, 0.1) is 25.4 Å². The molecule has 2 aliphatic heterocycles. The molecular formula is C20H30N2O6. The van der Waals surface area contributed by atoms with Crippen LogP contribution in [0.25, 0.3) is 0 Å². The van der Waals surface area contributed by atoms with Gasteiger partial charge >= 0.3 is 5.97 Å². The number of nitrogens with zero attached hydrogens (tertiary/aromatic N) is 2. The molecule has 3 rings (SSSR count). The minimum atomic E-state index is -0.362. The van der Waals surface area contributed by atoms with Crippen LogP contribution in [0.3, 0.4) is 0 Å². The van der Waals surface area contributed by atoms with Crippen LogP contribution >= 0.6 is 0 Å². The van der Waals surface area contributed by atoms with Crippen LogP contribution in [0.1, 0.15) is 51.4 Å². The molecule has 156 valence electrons. The van der Waals surface area contributed by atoms with Crippen molar-refractivity contribution in [2.45, 2.75) is 57.4 Å². The molecule has 8 heteroatoms. The lowest BCUT2D eigenvalue weighted by Crippen LogP contribution is -2.45. The Kier molecular flexibility index (Phi) is 7.04. The van der Waals surface area contributed by atoms with Crippen LogP contribution in [0.15, 0.2) is 0 Å². The average Bonchev–Trinajstić information content (AvgIpc) is 2.97. The molecule has 0 bridgehead atoms. The van der Waals surface area contributed by atoms with Crippen LogP contribution in [0.2, 0.25) is 0 Å². The number of methoxy groups -OCH3 is 1. The molecule has 1 saturated carbocycles. The highest BCUT2D eigenvalue weighted by atomic mass is 16.5. The van der Waals surface area contributed by atoms with Crippen molar-refractivity contribution in [1.82, 2.24) is 9.80 Å². The Bertz CT molecular complexity index is 592. The van der Waals surface area contributed by atoms with Crippen molar-refractivity contribution in [2.75, 3.05) is 33.4 Å². The van der Waals surface area contributed by atoms with Gasteiger partial charge in [0, 0.05) is 38.8 Å². The number of fused-ring (bicyclic) bond motifs is 1. The summed E-state index contributed by atoms with van der Waals surface area (Å²) < 4.78 is 10.1. The molecule has 0 aromatic heterocycles. The third kappa shape index (κ3) is 4.54. The summed E-state index contributed by atoms with van der Waals surface area (Å²) in [4.78, 5) is 52.6. The van der Waals surface area contributed by atoms with Gasteiger partial charge < -0.3 is 14.4 Å². The van der Waals surface area contributed by atoms with E-state index in [1.165, 1.54) is 12.0 Å². The molecule has 0 N–H and O–H groups in total. The van der Waals surface area contributed by atoms with Gasteiger partial charge in [0.25, 0.3) is 0 Å². The van der Waals surface area contributed by atoms with Gasteiger partial charge in [-0.25, -0.2) is 0 Å². The van der Waals surface area contributed by atoms with Gasteiger partial charge in [0.15, 0.2) is 0 Å². The fraction of sp³-hybridized carbons (Fsp3) is 0.800. The molecule has 0 radical (unpaired) electrons. The second-order valence-electron chi connectivity index (χ2n) is 7.83. The summed E-state index contributed by atoms with van der Waals surface area (Å²) in [6.07, 6.45) is 5.17. The first-order valence-electron chi connectivity index (χ1n) is 10.3. The van der Waals surface area contributed by atoms with Crippen LogP contribution in [-0.2, 0) is 28.7 Å². The smallest absolute Gasteiger partial charge is 0.307 e. The molecule has 3 amide bonds. The number of hydrogen-bond acceptors (Lipinski definition) is 6. The van der Waals surface area contributed by atoms with Gasteiger partial charge in [-0.3, -0.25) is 24.1 Å². The van der Waals surface area contributed by atoms with Crippen molar-refractivity contribution in [3.05, 3.63) is 0 Å². The van der Waals surface area contributed by atoms with Crippen LogP contribution in [0, 0.1) is 11.8 Å². The molecule has 2 heterocycles. The zero-order chi connectivity index (χ0) is 20.1. The second-order valence-corrected chi connectivity index (χ2v) is 7.83. The van der Waals surface area contributed by atoms with Gasteiger partial charge in [-0.1, -0.05) is 12.8 Å². The predicted molar refractivity (Wildman–Crippen MR) is 99.0 cm³/mol. The summed E-state index contributed by atoms with van der Waals surface area (Å²) in [5, 5.41) is 0. The van der Waals surface area contributed by atoms with E-state index in [2.05, 4.69) is 0 Å². The van der Waals surface area contributed by atoms with Gasteiger partial charge in [-0.2, -0.15) is 0 Å². The van der Waals surface area contributed by atoms with Crippen molar-refractivity contribution < 1.29 is 28.7 Å². The van der Waals surface area contributed by atoms with E-state index in [1.54, 1.807) is 4.90 Å². The minimum Gasteiger partial charge on any atom is -0.469 e. The Hall–Kier alpha value is -1.96. The zero-order valence-electron chi connectivity index (χ0n) is 16.6. The maximum Gasteiger partial charge on any atom is 0.307 e. The molecule has 3 fully saturated rings. The fourth-order valence-electron chi connectivity index (χ4n) is 4.62. The zero-order valence-corrected chi connectivity index (χ0v) is 16.6. The number of hydrogen-bond donors (Lipinski definition) is 0. The summed E-state index contributed by atoms with van der Waals surface area (Å²) in [7, 11) is 1.33. The van der Waals surface area contributed by atoms with Gasteiger partial charge in [0.1, 0.15) is 0 Å². The lowest BCUT2D eigenvalue weighted by Gasteiger charge is -2.34. The highest BCUT2D eigenvalue weighted by molar-refractivity contribution is 6.05. The molecule has 0 aromatic carbocycles. The lowest BCUT2D eigenvalue weighted by molar-refractivity contribution is -0.143. The highest BCUT2D eigenvalue weighted by Gasteiger charge is 2.48.